The van der Waals surface area contributed by atoms with Gasteiger partial charge in [0.15, 0.2) is 11.5 Å². The van der Waals surface area contributed by atoms with Crippen LogP contribution < -0.4 is 14.8 Å². The summed E-state index contributed by atoms with van der Waals surface area (Å²) >= 11 is 6.03. The highest BCUT2D eigenvalue weighted by atomic mass is 35.5. The number of hydrogen-bond donors (Lipinski definition) is 3. The van der Waals surface area contributed by atoms with Crippen molar-refractivity contribution in [3.63, 3.8) is 0 Å². The average Bonchev–Trinajstić information content (AvgIpc) is 2.66. The fraction of sp³-hybridized carbons (Fsp3) is 0.684. The summed E-state index contributed by atoms with van der Waals surface area (Å²) in [6.45, 7) is 4.37. The number of rotatable bonds is 8. The Balaban J connectivity index is 1.37. The van der Waals surface area contributed by atoms with Crippen molar-refractivity contribution in [1.29, 1.82) is 0 Å². The minimum atomic E-state index is -0.199. The van der Waals surface area contributed by atoms with Gasteiger partial charge in [-0.25, -0.2) is 0 Å². The molecule has 1 atom stereocenters. The van der Waals surface area contributed by atoms with Gasteiger partial charge in [0.05, 0.1) is 19.3 Å². The van der Waals surface area contributed by atoms with E-state index in [2.05, 4.69) is 10.2 Å². The molecule has 0 saturated carbocycles. The van der Waals surface area contributed by atoms with Crippen LogP contribution in [0.3, 0.4) is 0 Å². The van der Waals surface area contributed by atoms with Crippen molar-refractivity contribution in [2.45, 2.75) is 31.4 Å². The van der Waals surface area contributed by atoms with Crippen LogP contribution in [0.4, 0.5) is 0 Å². The molecular weight excluding hydrogens is 356 g/mol. The second kappa shape index (κ2) is 9.76. The largest absolute Gasteiger partial charge is 0.486 e. The molecule has 1 aromatic rings. The van der Waals surface area contributed by atoms with Crippen LogP contribution in [0.2, 0.25) is 5.02 Å². The van der Waals surface area contributed by atoms with Gasteiger partial charge in [0.1, 0.15) is 12.7 Å². The van der Waals surface area contributed by atoms with Crippen molar-refractivity contribution in [2.24, 2.45) is 5.92 Å². The first-order valence-corrected chi connectivity index (χ1v) is 9.82. The molecule has 0 radical (unpaired) electrons. The highest BCUT2D eigenvalue weighted by Crippen LogP contribution is 2.34. The molecule has 1 fully saturated rings. The van der Waals surface area contributed by atoms with E-state index in [9.17, 15) is 0 Å². The number of halogens is 1. The Morgan fingerprint density at radius 3 is 2.69 bits per heavy atom. The van der Waals surface area contributed by atoms with E-state index in [1.165, 1.54) is 12.8 Å². The quantitative estimate of drug-likeness (QED) is 0.631. The molecule has 146 valence electrons. The van der Waals surface area contributed by atoms with Gasteiger partial charge in [-0.3, -0.25) is 4.90 Å². The van der Waals surface area contributed by atoms with E-state index in [-0.39, 0.29) is 25.4 Å². The van der Waals surface area contributed by atoms with E-state index >= 15 is 0 Å². The van der Waals surface area contributed by atoms with Gasteiger partial charge in [-0.1, -0.05) is 11.6 Å². The number of piperidine rings is 1. The average molecular weight is 385 g/mol. The van der Waals surface area contributed by atoms with Crippen LogP contribution >= 0.6 is 11.6 Å². The van der Waals surface area contributed by atoms with E-state index in [0.29, 0.717) is 17.5 Å². The molecular formula is C19H29ClN2O4. The molecule has 7 heteroatoms. The molecule has 3 N–H and O–H groups in total. The maximum Gasteiger partial charge on any atom is 0.163 e. The summed E-state index contributed by atoms with van der Waals surface area (Å²) < 4.78 is 11.8. The maximum absolute atomic E-state index is 9.07. The predicted octanol–water partition coefficient (Wildman–Crippen LogP) is 1.52. The third-order valence-corrected chi connectivity index (χ3v) is 5.45. The minimum Gasteiger partial charge on any atom is -0.486 e. The van der Waals surface area contributed by atoms with Crippen LogP contribution in [0.1, 0.15) is 19.3 Å². The van der Waals surface area contributed by atoms with Crippen LogP contribution in [0.5, 0.6) is 11.5 Å². The Morgan fingerprint density at radius 1 is 1.19 bits per heavy atom. The number of aliphatic hydroxyl groups excluding tert-OH is 2. The van der Waals surface area contributed by atoms with Gasteiger partial charge in [-0.2, -0.15) is 0 Å². The van der Waals surface area contributed by atoms with Gasteiger partial charge in [-0.05, 0) is 56.9 Å². The van der Waals surface area contributed by atoms with Crippen LogP contribution in [-0.2, 0) is 0 Å². The zero-order valence-corrected chi connectivity index (χ0v) is 15.8. The summed E-state index contributed by atoms with van der Waals surface area (Å²) in [4.78, 5) is 2.44. The molecule has 6 nitrogen and oxygen atoms in total. The maximum atomic E-state index is 9.07. The second-order valence-corrected chi connectivity index (χ2v) is 7.63. The van der Waals surface area contributed by atoms with Gasteiger partial charge in [-0.15, -0.1) is 0 Å². The van der Waals surface area contributed by atoms with Crippen LogP contribution in [-0.4, -0.2) is 73.3 Å². The molecule has 0 unspecified atom stereocenters. The Bertz CT molecular complexity index is 562. The van der Waals surface area contributed by atoms with Crippen molar-refractivity contribution in [3.8, 4) is 11.5 Å². The van der Waals surface area contributed by atoms with E-state index < -0.39 is 0 Å². The molecule has 3 rings (SSSR count). The number of nitrogens with one attached hydrogen (secondary N) is 1. The van der Waals surface area contributed by atoms with Crippen LogP contribution in [0, 0.1) is 5.92 Å². The lowest BCUT2D eigenvalue weighted by Crippen LogP contribution is -2.44. The monoisotopic (exact) mass is 384 g/mol. The molecule has 26 heavy (non-hydrogen) atoms. The molecule has 0 spiro atoms. The molecule has 0 amide bonds. The number of nitrogens with zero attached hydrogens (tertiary/aromatic N) is 1. The topological polar surface area (TPSA) is 74.2 Å². The summed E-state index contributed by atoms with van der Waals surface area (Å²) in [5, 5.41) is 22.0. The zero-order chi connectivity index (χ0) is 18.4. The summed E-state index contributed by atoms with van der Waals surface area (Å²) in [7, 11) is 0. The standard InChI is InChI=1S/C19H29ClN2O4/c20-15-1-2-18-19(9-15)26-17(13-25-18)10-22-7-4-14(5-8-22)3-6-21-16(11-23)12-24/h1-2,9,14,16-17,21,23-24H,3-8,10-13H2/t17-/m0/s1. The summed E-state index contributed by atoms with van der Waals surface area (Å²) in [5.41, 5.74) is 0. The number of aliphatic hydroxyl groups is 2. The molecule has 0 aromatic heterocycles. The molecule has 2 aliphatic heterocycles. The van der Waals surface area contributed by atoms with Gasteiger partial charge >= 0.3 is 0 Å². The van der Waals surface area contributed by atoms with Crippen molar-refractivity contribution in [1.82, 2.24) is 10.2 Å². The first kappa shape index (κ1) is 19.7. The fourth-order valence-corrected chi connectivity index (χ4v) is 3.77. The Kier molecular flexibility index (Phi) is 7.40. The predicted molar refractivity (Wildman–Crippen MR) is 101 cm³/mol. The summed E-state index contributed by atoms with van der Waals surface area (Å²) in [6.07, 6.45) is 3.45. The van der Waals surface area contributed by atoms with E-state index in [1.54, 1.807) is 0 Å². The van der Waals surface area contributed by atoms with Gasteiger partial charge in [0.25, 0.3) is 0 Å². The normalized spacial score (nSPS) is 21.3. The Morgan fingerprint density at radius 2 is 1.96 bits per heavy atom. The summed E-state index contributed by atoms with van der Waals surface area (Å²) in [5.74, 6) is 2.19. The highest BCUT2D eigenvalue weighted by molar-refractivity contribution is 6.30. The SMILES string of the molecule is OCC(CO)NCCC1CCN(C[C@H]2COc3ccc(Cl)cc3O2)CC1. The number of fused-ring (bicyclic) bond motifs is 1. The van der Waals surface area contributed by atoms with E-state index in [4.69, 9.17) is 31.3 Å². The van der Waals surface area contributed by atoms with Crippen molar-refractivity contribution < 1.29 is 19.7 Å². The van der Waals surface area contributed by atoms with Crippen LogP contribution in [0.15, 0.2) is 18.2 Å². The number of benzene rings is 1. The zero-order valence-electron chi connectivity index (χ0n) is 15.1. The van der Waals surface area contributed by atoms with Crippen molar-refractivity contribution in [3.05, 3.63) is 23.2 Å². The molecule has 1 saturated heterocycles. The van der Waals surface area contributed by atoms with Gasteiger partial charge in [0, 0.05) is 17.6 Å². The molecule has 2 aliphatic rings. The number of hydrogen-bond acceptors (Lipinski definition) is 6. The first-order valence-electron chi connectivity index (χ1n) is 9.44. The minimum absolute atomic E-state index is 0.0211. The van der Waals surface area contributed by atoms with Crippen LogP contribution in [0.25, 0.3) is 0 Å². The smallest absolute Gasteiger partial charge is 0.163 e. The van der Waals surface area contributed by atoms with Crippen molar-refractivity contribution >= 4 is 11.6 Å². The Hall–Kier alpha value is -1.05. The van der Waals surface area contributed by atoms with Crippen molar-refractivity contribution in [2.75, 3.05) is 46.0 Å². The molecule has 0 bridgehead atoms. The fourth-order valence-electron chi connectivity index (χ4n) is 3.60. The lowest BCUT2D eigenvalue weighted by Gasteiger charge is -2.35. The van der Waals surface area contributed by atoms with E-state index in [0.717, 1.165) is 44.1 Å². The molecule has 1 aromatic carbocycles. The third-order valence-electron chi connectivity index (χ3n) is 5.22. The van der Waals surface area contributed by atoms with Gasteiger partial charge in [0.2, 0.25) is 0 Å². The van der Waals surface area contributed by atoms with Gasteiger partial charge < -0.3 is 25.0 Å². The Labute approximate surface area is 160 Å². The second-order valence-electron chi connectivity index (χ2n) is 7.19. The highest BCUT2D eigenvalue weighted by Gasteiger charge is 2.26. The first-order chi connectivity index (χ1) is 12.7. The summed E-state index contributed by atoms with van der Waals surface area (Å²) in [6, 6.07) is 5.28. The lowest BCUT2D eigenvalue weighted by atomic mass is 9.93. The lowest BCUT2D eigenvalue weighted by molar-refractivity contribution is 0.0471. The molecule has 2 heterocycles. The number of likely N-dealkylation sites (tertiary alicyclic amines) is 1. The van der Waals surface area contributed by atoms with E-state index in [1.807, 2.05) is 18.2 Å². The number of ether oxygens (including phenoxy) is 2. The molecule has 0 aliphatic carbocycles. The third kappa shape index (κ3) is 5.47.